The minimum Gasteiger partial charge on any atom is -0.493 e. The molecule has 0 radical (unpaired) electrons. The molecule has 3 rings (SSSR count). The van der Waals surface area contributed by atoms with E-state index in [-0.39, 0.29) is 11.9 Å². The lowest BCUT2D eigenvalue weighted by atomic mass is 9.84. The molecule has 1 aliphatic heterocycles. The van der Waals surface area contributed by atoms with Crippen molar-refractivity contribution >= 4 is 12.0 Å². The van der Waals surface area contributed by atoms with E-state index in [1.165, 1.54) is 45.2 Å². The predicted molar refractivity (Wildman–Crippen MR) is 115 cm³/mol. The van der Waals surface area contributed by atoms with Crippen LogP contribution in [0.25, 0.3) is 6.08 Å². The third kappa shape index (κ3) is 5.66. The number of methoxy groups -OCH3 is 3. The number of nitrogens with one attached hydrogen (secondary N) is 1. The van der Waals surface area contributed by atoms with Crippen LogP contribution < -0.4 is 19.5 Å². The molecule has 1 aromatic carbocycles. The van der Waals surface area contributed by atoms with E-state index >= 15 is 0 Å². The van der Waals surface area contributed by atoms with Gasteiger partial charge in [-0.3, -0.25) is 4.79 Å². The summed E-state index contributed by atoms with van der Waals surface area (Å²) in [4.78, 5) is 15.2. The molecule has 1 aromatic rings. The number of rotatable bonds is 8. The third-order valence-electron chi connectivity index (χ3n) is 6.04. The Morgan fingerprint density at radius 1 is 1.03 bits per heavy atom. The van der Waals surface area contributed by atoms with Gasteiger partial charge in [-0.05, 0) is 68.5 Å². The maximum atomic E-state index is 12.6. The SMILES string of the molecule is COc1cc(/C=C/C(=O)NC2CCCCC2CN2CCCC2)cc(OC)c1OC. The fourth-order valence-electron chi connectivity index (χ4n) is 4.51. The maximum absolute atomic E-state index is 12.6. The molecule has 2 fully saturated rings. The van der Waals surface area contributed by atoms with Gasteiger partial charge in [0.25, 0.3) is 0 Å². The summed E-state index contributed by atoms with van der Waals surface area (Å²) < 4.78 is 16.1. The van der Waals surface area contributed by atoms with Crippen molar-refractivity contribution in [1.29, 1.82) is 0 Å². The van der Waals surface area contributed by atoms with Crippen molar-refractivity contribution in [3.05, 3.63) is 23.8 Å². The lowest BCUT2D eigenvalue weighted by Crippen LogP contribution is -2.45. The topological polar surface area (TPSA) is 60.0 Å². The Balaban J connectivity index is 1.63. The number of benzene rings is 1. The fourth-order valence-corrected chi connectivity index (χ4v) is 4.51. The molecule has 1 amide bonds. The molecule has 2 atom stereocenters. The standard InChI is InChI=1S/C23H34N2O4/c1-27-20-14-17(15-21(28-2)23(20)29-3)10-11-22(26)24-19-9-5-4-8-18(19)16-25-12-6-7-13-25/h10-11,14-15,18-19H,4-9,12-13,16H2,1-3H3,(H,24,26)/b11-10+. The van der Waals surface area contributed by atoms with Gasteiger partial charge in [0.05, 0.1) is 21.3 Å². The molecule has 1 aliphatic carbocycles. The van der Waals surface area contributed by atoms with E-state index in [9.17, 15) is 4.79 Å². The summed E-state index contributed by atoms with van der Waals surface area (Å²) in [5.41, 5.74) is 0.826. The molecular weight excluding hydrogens is 368 g/mol. The van der Waals surface area contributed by atoms with Gasteiger partial charge in [-0.1, -0.05) is 12.8 Å². The maximum Gasteiger partial charge on any atom is 0.244 e. The third-order valence-corrected chi connectivity index (χ3v) is 6.04. The Hall–Kier alpha value is -2.21. The van der Waals surface area contributed by atoms with E-state index in [0.717, 1.165) is 18.5 Å². The molecule has 0 spiro atoms. The highest BCUT2D eigenvalue weighted by atomic mass is 16.5. The number of hydrogen-bond acceptors (Lipinski definition) is 5. The molecule has 1 saturated carbocycles. The summed E-state index contributed by atoms with van der Waals surface area (Å²) >= 11 is 0. The largest absolute Gasteiger partial charge is 0.493 e. The molecule has 1 N–H and O–H groups in total. The van der Waals surface area contributed by atoms with Crippen molar-refractivity contribution in [1.82, 2.24) is 10.2 Å². The van der Waals surface area contributed by atoms with Gasteiger partial charge in [-0.15, -0.1) is 0 Å². The van der Waals surface area contributed by atoms with Gasteiger partial charge in [0.2, 0.25) is 11.7 Å². The van der Waals surface area contributed by atoms with Crippen LogP contribution in [0.4, 0.5) is 0 Å². The average Bonchev–Trinajstić information content (AvgIpc) is 3.26. The first kappa shape index (κ1) is 21.5. The van der Waals surface area contributed by atoms with Crippen molar-refractivity contribution in [2.24, 2.45) is 5.92 Å². The van der Waals surface area contributed by atoms with Crippen LogP contribution in [0.1, 0.15) is 44.1 Å². The molecule has 160 valence electrons. The first-order valence-electron chi connectivity index (χ1n) is 10.7. The van der Waals surface area contributed by atoms with Gasteiger partial charge in [-0.2, -0.15) is 0 Å². The van der Waals surface area contributed by atoms with E-state index in [0.29, 0.717) is 23.2 Å². The highest BCUT2D eigenvalue weighted by Crippen LogP contribution is 2.38. The number of ether oxygens (including phenoxy) is 3. The molecule has 6 nitrogen and oxygen atoms in total. The van der Waals surface area contributed by atoms with Gasteiger partial charge < -0.3 is 24.4 Å². The van der Waals surface area contributed by atoms with Gasteiger partial charge in [0.1, 0.15) is 0 Å². The fraction of sp³-hybridized carbons (Fsp3) is 0.609. The van der Waals surface area contributed by atoms with Crippen LogP contribution in [0, 0.1) is 5.92 Å². The van der Waals surface area contributed by atoms with E-state index in [2.05, 4.69) is 10.2 Å². The predicted octanol–water partition coefficient (Wildman–Crippen LogP) is 3.50. The van der Waals surface area contributed by atoms with Crippen molar-refractivity contribution in [2.75, 3.05) is 41.0 Å². The van der Waals surface area contributed by atoms with E-state index in [4.69, 9.17) is 14.2 Å². The summed E-state index contributed by atoms with van der Waals surface area (Å²) in [5, 5.41) is 3.25. The minimum atomic E-state index is -0.0444. The first-order valence-corrected chi connectivity index (χ1v) is 10.7. The zero-order chi connectivity index (χ0) is 20.6. The number of carbonyl (C=O) groups excluding carboxylic acids is 1. The number of likely N-dealkylation sites (tertiary alicyclic amines) is 1. The average molecular weight is 403 g/mol. The van der Waals surface area contributed by atoms with Crippen LogP contribution >= 0.6 is 0 Å². The van der Waals surface area contributed by atoms with Crippen molar-refractivity contribution < 1.29 is 19.0 Å². The second-order valence-corrected chi connectivity index (χ2v) is 7.96. The molecular formula is C23H34N2O4. The lowest BCUT2D eigenvalue weighted by molar-refractivity contribution is -0.117. The van der Waals surface area contributed by atoms with Gasteiger partial charge in [0.15, 0.2) is 11.5 Å². The van der Waals surface area contributed by atoms with Gasteiger partial charge in [0, 0.05) is 18.7 Å². The Morgan fingerprint density at radius 2 is 1.69 bits per heavy atom. The van der Waals surface area contributed by atoms with E-state index in [1.54, 1.807) is 33.5 Å². The molecule has 6 heteroatoms. The molecule has 0 bridgehead atoms. The molecule has 1 heterocycles. The summed E-state index contributed by atoms with van der Waals surface area (Å²) in [7, 11) is 4.74. The van der Waals surface area contributed by atoms with E-state index < -0.39 is 0 Å². The number of nitrogens with zero attached hydrogens (tertiary/aromatic N) is 1. The quantitative estimate of drug-likeness (QED) is 0.675. The Labute approximate surface area is 174 Å². The number of amides is 1. The zero-order valence-electron chi connectivity index (χ0n) is 17.9. The van der Waals surface area contributed by atoms with Crippen LogP contribution in [0.15, 0.2) is 18.2 Å². The lowest BCUT2D eigenvalue weighted by Gasteiger charge is -2.34. The second kappa shape index (κ2) is 10.5. The zero-order valence-corrected chi connectivity index (χ0v) is 17.9. The molecule has 1 saturated heterocycles. The number of carbonyl (C=O) groups is 1. The van der Waals surface area contributed by atoms with Crippen LogP contribution in [-0.2, 0) is 4.79 Å². The minimum absolute atomic E-state index is 0.0444. The molecule has 2 aliphatic rings. The van der Waals surface area contributed by atoms with E-state index in [1.807, 2.05) is 12.1 Å². The van der Waals surface area contributed by atoms with Crippen LogP contribution in [-0.4, -0.2) is 57.8 Å². The second-order valence-electron chi connectivity index (χ2n) is 7.96. The van der Waals surface area contributed by atoms with Gasteiger partial charge in [-0.25, -0.2) is 0 Å². The van der Waals surface area contributed by atoms with Crippen LogP contribution in [0.5, 0.6) is 17.2 Å². The summed E-state index contributed by atoms with van der Waals surface area (Å²) in [5.74, 6) is 2.20. The normalized spacial score (nSPS) is 22.6. The van der Waals surface area contributed by atoms with Crippen molar-refractivity contribution in [2.45, 2.75) is 44.6 Å². The molecule has 2 unspecified atom stereocenters. The highest BCUT2D eigenvalue weighted by molar-refractivity contribution is 5.92. The van der Waals surface area contributed by atoms with Crippen LogP contribution in [0.2, 0.25) is 0 Å². The van der Waals surface area contributed by atoms with Crippen molar-refractivity contribution in [3.63, 3.8) is 0 Å². The van der Waals surface area contributed by atoms with Crippen molar-refractivity contribution in [3.8, 4) is 17.2 Å². The number of hydrogen-bond donors (Lipinski definition) is 1. The Kier molecular flexibility index (Phi) is 7.81. The summed E-state index contributed by atoms with van der Waals surface area (Å²) in [6, 6.07) is 3.94. The Morgan fingerprint density at radius 3 is 2.31 bits per heavy atom. The summed E-state index contributed by atoms with van der Waals surface area (Å²) in [6.45, 7) is 3.53. The smallest absolute Gasteiger partial charge is 0.244 e. The molecule has 29 heavy (non-hydrogen) atoms. The van der Waals surface area contributed by atoms with Gasteiger partial charge >= 0.3 is 0 Å². The highest BCUT2D eigenvalue weighted by Gasteiger charge is 2.28. The molecule has 0 aromatic heterocycles. The Bertz CT molecular complexity index is 688. The monoisotopic (exact) mass is 402 g/mol. The summed E-state index contributed by atoms with van der Waals surface area (Å²) in [6.07, 6.45) is 10.7. The first-order chi connectivity index (χ1) is 14.1. The van der Waals surface area contributed by atoms with Crippen LogP contribution in [0.3, 0.4) is 0 Å².